The van der Waals surface area contributed by atoms with E-state index < -0.39 is 0 Å². The van der Waals surface area contributed by atoms with Crippen LogP contribution in [0.5, 0.6) is 0 Å². The lowest BCUT2D eigenvalue weighted by Crippen LogP contribution is -2.41. The predicted octanol–water partition coefficient (Wildman–Crippen LogP) is 1.89. The fourth-order valence-electron chi connectivity index (χ4n) is 2.59. The smallest absolute Gasteiger partial charge is 0.0707 e. The van der Waals surface area contributed by atoms with E-state index in [0.717, 1.165) is 32.8 Å². The first-order valence-corrected chi connectivity index (χ1v) is 7.80. The number of likely N-dealkylation sites (N-methyl/N-ethyl adjacent to an activating group) is 1. The number of nitrogens with one attached hydrogen (secondary N) is 1. The molecule has 114 valence electrons. The monoisotopic (exact) mass is 272 g/mol. The largest absolute Gasteiger partial charge is 0.383 e. The van der Waals surface area contributed by atoms with E-state index >= 15 is 0 Å². The van der Waals surface area contributed by atoms with Gasteiger partial charge in [-0.15, -0.1) is 0 Å². The van der Waals surface area contributed by atoms with Crippen molar-refractivity contribution in [3.05, 3.63) is 0 Å². The van der Waals surface area contributed by atoms with Gasteiger partial charge in [-0.05, 0) is 32.7 Å². The zero-order valence-corrected chi connectivity index (χ0v) is 13.2. The number of hydrogen-bond donors (Lipinski definition) is 1. The normalized spacial score (nSPS) is 25.1. The highest BCUT2D eigenvalue weighted by Gasteiger charge is 2.27. The highest BCUT2D eigenvalue weighted by Crippen LogP contribution is 2.21. The van der Waals surface area contributed by atoms with Crippen LogP contribution in [0.1, 0.15) is 40.0 Å². The molecule has 1 aliphatic rings. The van der Waals surface area contributed by atoms with Crippen LogP contribution < -0.4 is 5.32 Å². The molecule has 19 heavy (non-hydrogen) atoms. The summed E-state index contributed by atoms with van der Waals surface area (Å²) in [6, 6.07) is 0.603. The van der Waals surface area contributed by atoms with Crippen LogP contribution in [0.25, 0.3) is 0 Å². The third-order valence-electron chi connectivity index (χ3n) is 4.05. The highest BCUT2D eigenvalue weighted by molar-refractivity contribution is 4.79. The highest BCUT2D eigenvalue weighted by atomic mass is 16.5. The number of hydrogen-bond acceptors (Lipinski definition) is 4. The van der Waals surface area contributed by atoms with Crippen molar-refractivity contribution < 1.29 is 9.47 Å². The van der Waals surface area contributed by atoms with Crippen molar-refractivity contribution in [2.45, 2.75) is 58.3 Å². The topological polar surface area (TPSA) is 33.7 Å². The molecule has 0 aromatic rings. The molecule has 4 heteroatoms. The van der Waals surface area contributed by atoms with Crippen LogP contribution in [0.15, 0.2) is 0 Å². The number of nitrogens with zero attached hydrogens (tertiary/aromatic N) is 1. The van der Waals surface area contributed by atoms with Gasteiger partial charge in [0.15, 0.2) is 0 Å². The molecular weight excluding hydrogens is 240 g/mol. The number of rotatable bonds is 10. The third kappa shape index (κ3) is 6.21. The first-order chi connectivity index (χ1) is 9.21. The van der Waals surface area contributed by atoms with Gasteiger partial charge in [-0.2, -0.15) is 0 Å². The Morgan fingerprint density at radius 1 is 1.32 bits per heavy atom. The lowest BCUT2D eigenvalue weighted by atomic mass is 10.1. The Bertz CT molecular complexity index is 226. The van der Waals surface area contributed by atoms with Crippen LogP contribution in [0.4, 0.5) is 0 Å². The minimum Gasteiger partial charge on any atom is -0.383 e. The Kier molecular flexibility index (Phi) is 8.62. The van der Waals surface area contributed by atoms with Crippen molar-refractivity contribution in [2.75, 3.05) is 39.9 Å². The van der Waals surface area contributed by atoms with E-state index in [1.807, 2.05) is 0 Å². The Morgan fingerprint density at radius 2 is 2.05 bits per heavy atom. The van der Waals surface area contributed by atoms with E-state index in [0.29, 0.717) is 18.2 Å². The minimum atomic E-state index is 0.398. The Balaban J connectivity index is 2.33. The van der Waals surface area contributed by atoms with E-state index in [4.69, 9.17) is 9.47 Å². The van der Waals surface area contributed by atoms with E-state index in [-0.39, 0.29) is 0 Å². The van der Waals surface area contributed by atoms with Gasteiger partial charge in [0, 0.05) is 32.8 Å². The van der Waals surface area contributed by atoms with E-state index in [1.54, 1.807) is 7.11 Å². The van der Waals surface area contributed by atoms with E-state index in [1.165, 1.54) is 19.3 Å². The standard InChI is InChI=1S/C15H32N2O2/c1-5-13(3)17(9-10-18-4)12-15-8-7-14(19-15)11-16-6-2/h13-16H,5-12H2,1-4H3. The van der Waals surface area contributed by atoms with Gasteiger partial charge >= 0.3 is 0 Å². The fourth-order valence-corrected chi connectivity index (χ4v) is 2.59. The van der Waals surface area contributed by atoms with Crippen LogP contribution >= 0.6 is 0 Å². The molecule has 4 nitrogen and oxygen atoms in total. The Labute approximate surface area is 118 Å². The van der Waals surface area contributed by atoms with Crippen molar-refractivity contribution in [1.29, 1.82) is 0 Å². The summed E-state index contributed by atoms with van der Waals surface area (Å²) < 4.78 is 11.3. The van der Waals surface area contributed by atoms with Crippen LogP contribution in [-0.2, 0) is 9.47 Å². The maximum atomic E-state index is 6.12. The van der Waals surface area contributed by atoms with Gasteiger partial charge in [-0.1, -0.05) is 13.8 Å². The first kappa shape index (κ1) is 16.9. The molecule has 3 atom stereocenters. The second-order valence-corrected chi connectivity index (χ2v) is 5.51. The van der Waals surface area contributed by atoms with Crippen molar-refractivity contribution in [2.24, 2.45) is 0 Å². The molecule has 0 aliphatic carbocycles. The molecule has 1 aliphatic heterocycles. The lowest BCUT2D eigenvalue weighted by molar-refractivity contribution is 0.00978. The van der Waals surface area contributed by atoms with Gasteiger partial charge in [0.1, 0.15) is 0 Å². The van der Waals surface area contributed by atoms with Gasteiger partial charge in [0.2, 0.25) is 0 Å². The summed E-state index contributed by atoms with van der Waals surface area (Å²) in [6.45, 7) is 11.5. The maximum absolute atomic E-state index is 6.12. The lowest BCUT2D eigenvalue weighted by Gasteiger charge is -2.30. The zero-order valence-electron chi connectivity index (χ0n) is 13.2. The summed E-state index contributed by atoms with van der Waals surface area (Å²) in [4.78, 5) is 2.50. The van der Waals surface area contributed by atoms with Crippen LogP contribution in [-0.4, -0.2) is 63.0 Å². The number of methoxy groups -OCH3 is 1. The van der Waals surface area contributed by atoms with Crippen LogP contribution in [0.3, 0.4) is 0 Å². The van der Waals surface area contributed by atoms with Gasteiger partial charge in [0.25, 0.3) is 0 Å². The summed E-state index contributed by atoms with van der Waals surface area (Å²) in [7, 11) is 1.77. The van der Waals surface area contributed by atoms with Crippen molar-refractivity contribution >= 4 is 0 Å². The van der Waals surface area contributed by atoms with Gasteiger partial charge < -0.3 is 14.8 Å². The molecule has 1 rings (SSSR count). The Morgan fingerprint density at radius 3 is 2.68 bits per heavy atom. The molecule has 0 bridgehead atoms. The molecule has 1 heterocycles. The molecule has 0 aromatic carbocycles. The molecule has 0 aromatic heterocycles. The molecule has 1 fully saturated rings. The molecule has 0 amide bonds. The SMILES string of the molecule is CCNCC1CCC(CN(CCOC)C(C)CC)O1. The third-order valence-corrected chi connectivity index (χ3v) is 4.05. The molecule has 1 N–H and O–H groups in total. The summed E-state index contributed by atoms with van der Waals surface area (Å²) in [5.41, 5.74) is 0. The molecule has 0 spiro atoms. The zero-order chi connectivity index (χ0) is 14.1. The summed E-state index contributed by atoms with van der Waals surface area (Å²) >= 11 is 0. The van der Waals surface area contributed by atoms with Crippen molar-refractivity contribution in [1.82, 2.24) is 10.2 Å². The van der Waals surface area contributed by atoms with Gasteiger partial charge in [-0.3, -0.25) is 4.90 Å². The van der Waals surface area contributed by atoms with Crippen molar-refractivity contribution in [3.8, 4) is 0 Å². The first-order valence-electron chi connectivity index (χ1n) is 7.80. The van der Waals surface area contributed by atoms with Crippen LogP contribution in [0.2, 0.25) is 0 Å². The second-order valence-electron chi connectivity index (χ2n) is 5.51. The quantitative estimate of drug-likeness (QED) is 0.658. The second kappa shape index (κ2) is 9.70. The van der Waals surface area contributed by atoms with Gasteiger partial charge in [0.05, 0.1) is 18.8 Å². The molecule has 1 saturated heterocycles. The van der Waals surface area contributed by atoms with E-state index in [9.17, 15) is 0 Å². The summed E-state index contributed by atoms with van der Waals surface area (Å²) in [5.74, 6) is 0. The maximum Gasteiger partial charge on any atom is 0.0707 e. The predicted molar refractivity (Wildman–Crippen MR) is 79.6 cm³/mol. The molecule has 3 unspecified atom stereocenters. The number of ether oxygens (including phenoxy) is 2. The molecular formula is C15H32N2O2. The summed E-state index contributed by atoms with van der Waals surface area (Å²) in [5, 5.41) is 3.37. The fraction of sp³-hybridized carbons (Fsp3) is 1.00. The molecule has 0 saturated carbocycles. The van der Waals surface area contributed by atoms with Crippen molar-refractivity contribution in [3.63, 3.8) is 0 Å². The average molecular weight is 272 g/mol. The average Bonchev–Trinajstić information content (AvgIpc) is 2.87. The van der Waals surface area contributed by atoms with Gasteiger partial charge in [-0.25, -0.2) is 0 Å². The molecule has 0 radical (unpaired) electrons. The summed E-state index contributed by atoms with van der Waals surface area (Å²) in [6.07, 6.45) is 4.37. The minimum absolute atomic E-state index is 0.398. The van der Waals surface area contributed by atoms with Crippen LogP contribution in [0, 0.1) is 0 Å². The van der Waals surface area contributed by atoms with E-state index in [2.05, 4.69) is 31.0 Å². The Hall–Kier alpha value is -0.160.